The molecule has 1 aromatic rings. The van der Waals surface area contributed by atoms with Gasteiger partial charge in [-0.2, -0.15) is 11.8 Å². The Bertz CT molecular complexity index is 409. The fourth-order valence-electron chi connectivity index (χ4n) is 2.34. The largest absolute Gasteiger partial charge is 0.493 e. The third-order valence-corrected chi connectivity index (χ3v) is 4.75. The predicted molar refractivity (Wildman–Crippen MR) is 82.5 cm³/mol. The van der Waals surface area contributed by atoms with E-state index in [-0.39, 0.29) is 6.04 Å². The highest BCUT2D eigenvalue weighted by molar-refractivity contribution is 7.99. The smallest absolute Gasteiger partial charge is 0.127 e. The fourth-order valence-corrected chi connectivity index (χ4v) is 3.46. The van der Waals surface area contributed by atoms with Crippen molar-refractivity contribution in [1.82, 2.24) is 5.43 Å². The van der Waals surface area contributed by atoms with E-state index in [0.717, 1.165) is 36.7 Å². The van der Waals surface area contributed by atoms with E-state index in [4.69, 9.17) is 10.6 Å². The third kappa shape index (κ3) is 3.88. The van der Waals surface area contributed by atoms with E-state index in [1.165, 1.54) is 11.1 Å². The lowest BCUT2D eigenvalue weighted by atomic mass is 9.99. The van der Waals surface area contributed by atoms with Gasteiger partial charge in [-0.1, -0.05) is 32.0 Å². The molecule has 0 fully saturated rings. The SMILES string of the molecule is CC(C)CSCC(NN)c1cccc2c1OCCC2. The Kier molecular flexibility index (Phi) is 5.55. The van der Waals surface area contributed by atoms with Crippen molar-refractivity contribution >= 4 is 11.8 Å². The van der Waals surface area contributed by atoms with Crippen LogP contribution in [0, 0.1) is 5.92 Å². The maximum Gasteiger partial charge on any atom is 0.127 e. The van der Waals surface area contributed by atoms with Crippen LogP contribution in [-0.4, -0.2) is 18.1 Å². The summed E-state index contributed by atoms with van der Waals surface area (Å²) in [6.07, 6.45) is 2.22. The summed E-state index contributed by atoms with van der Waals surface area (Å²) < 4.78 is 5.86. The first-order valence-corrected chi connectivity index (χ1v) is 8.16. The molecule has 0 spiro atoms. The van der Waals surface area contributed by atoms with Crippen LogP contribution in [0.1, 0.15) is 37.4 Å². The van der Waals surface area contributed by atoms with Crippen molar-refractivity contribution < 1.29 is 4.74 Å². The lowest BCUT2D eigenvalue weighted by Gasteiger charge is -2.24. The first-order valence-electron chi connectivity index (χ1n) is 7.00. The summed E-state index contributed by atoms with van der Waals surface area (Å²) in [7, 11) is 0. The van der Waals surface area contributed by atoms with E-state index in [2.05, 4.69) is 37.5 Å². The van der Waals surface area contributed by atoms with Crippen LogP contribution in [0.3, 0.4) is 0 Å². The summed E-state index contributed by atoms with van der Waals surface area (Å²) in [5, 5.41) is 0. The Morgan fingerprint density at radius 1 is 1.37 bits per heavy atom. The molecule has 4 heteroatoms. The summed E-state index contributed by atoms with van der Waals surface area (Å²) in [6.45, 7) is 5.30. The van der Waals surface area contributed by atoms with Crippen molar-refractivity contribution in [3.63, 3.8) is 0 Å². The molecule has 3 N–H and O–H groups in total. The molecule has 1 heterocycles. The second-order valence-corrected chi connectivity index (χ2v) is 6.51. The minimum Gasteiger partial charge on any atom is -0.493 e. The molecule has 1 aliphatic heterocycles. The Hall–Kier alpha value is -0.710. The van der Waals surface area contributed by atoms with Gasteiger partial charge in [-0.15, -0.1) is 0 Å². The van der Waals surface area contributed by atoms with Gasteiger partial charge in [0.05, 0.1) is 12.6 Å². The van der Waals surface area contributed by atoms with Crippen LogP contribution in [0.2, 0.25) is 0 Å². The van der Waals surface area contributed by atoms with Crippen LogP contribution in [-0.2, 0) is 6.42 Å². The van der Waals surface area contributed by atoms with E-state index in [0.29, 0.717) is 5.92 Å². The molecule has 19 heavy (non-hydrogen) atoms. The molecule has 1 aliphatic rings. The first-order chi connectivity index (χ1) is 9.22. The van der Waals surface area contributed by atoms with E-state index in [1.54, 1.807) is 0 Å². The number of benzene rings is 1. The molecule has 2 rings (SSSR count). The third-order valence-electron chi connectivity index (χ3n) is 3.28. The topological polar surface area (TPSA) is 47.3 Å². The average molecular weight is 280 g/mol. The van der Waals surface area contributed by atoms with Gasteiger partial charge in [0.1, 0.15) is 5.75 Å². The van der Waals surface area contributed by atoms with Crippen LogP contribution in [0.4, 0.5) is 0 Å². The highest BCUT2D eigenvalue weighted by Gasteiger charge is 2.20. The lowest BCUT2D eigenvalue weighted by molar-refractivity contribution is 0.282. The molecular weight excluding hydrogens is 256 g/mol. The number of hydrogen-bond donors (Lipinski definition) is 2. The number of hydrazine groups is 1. The van der Waals surface area contributed by atoms with Gasteiger partial charge < -0.3 is 4.74 Å². The van der Waals surface area contributed by atoms with Gasteiger partial charge in [0.2, 0.25) is 0 Å². The summed E-state index contributed by atoms with van der Waals surface area (Å²) >= 11 is 1.94. The summed E-state index contributed by atoms with van der Waals surface area (Å²) in [4.78, 5) is 0. The summed E-state index contributed by atoms with van der Waals surface area (Å²) in [5.74, 6) is 9.65. The Labute approximate surface area is 120 Å². The summed E-state index contributed by atoms with van der Waals surface area (Å²) in [6, 6.07) is 6.56. The first kappa shape index (κ1) is 14.7. The van der Waals surface area contributed by atoms with Gasteiger partial charge in [0.15, 0.2) is 0 Å². The number of fused-ring (bicyclic) bond motifs is 1. The molecule has 0 aromatic heterocycles. The van der Waals surface area contributed by atoms with Crippen molar-refractivity contribution in [2.45, 2.75) is 32.7 Å². The van der Waals surface area contributed by atoms with Gasteiger partial charge in [-0.05, 0) is 30.1 Å². The van der Waals surface area contributed by atoms with Crippen LogP contribution in [0.25, 0.3) is 0 Å². The van der Waals surface area contributed by atoms with E-state index in [9.17, 15) is 0 Å². The number of rotatable bonds is 6. The summed E-state index contributed by atoms with van der Waals surface area (Å²) in [5.41, 5.74) is 5.46. The minimum absolute atomic E-state index is 0.164. The van der Waals surface area contributed by atoms with Crippen molar-refractivity contribution in [2.24, 2.45) is 11.8 Å². The molecule has 0 radical (unpaired) electrons. The maximum absolute atomic E-state index is 5.86. The van der Waals surface area contributed by atoms with Crippen molar-refractivity contribution in [2.75, 3.05) is 18.1 Å². The zero-order chi connectivity index (χ0) is 13.7. The molecular formula is C15H24N2OS. The number of para-hydroxylation sites is 1. The number of aryl methyl sites for hydroxylation is 1. The maximum atomic E-state index is 5.86. The van der Waals surface area contributed by atoms with Crippen LogP contribution in [0.5, 0.6) is 5.75 Å². The monoisotopic (exact) mass is 280 g/mol. The van der Waals surface area contributed by atoms with Crippen molar-refractivity contribution in [3.8, 4) is 5.75 Å². The molecule has 3 nitrogen and oxygen atoms in total. The van der Waals surface area contributed by atoms with Gasteiger partial charge >= 0.3 is 0 Å². The van der Waals surface area contributed by atoms with Gasteiger partial charge in [-0.3, -0.25) is 11.3 Å². The quantitative estimate of drug-likeness (QED) is 0.621. The molecule has 0 saturated heterocycles. The number of nitrogens with one attached hydrogen (secondary N) is 1. The highest BCUT2D eigenvalue weighted by atomic mass is 32.2. The van der Waals surface area contributed by atoms with Crippen LogP contribution in [0.15, 0.2) is 18.2 Å². The lowest BCUT2D eigenvalue weighted by Crippen LogP contribution is -2.30. The second-order valence-electron chi connectivity index (χ2n) is 5.44. The van der Waals surface area contributed by atoms with Gasteiger partial charge in [-0.25, -0.2) is 0 Å². The predicted octanol–water partition coefficient (Wildman–Crippen LogP) is 2.91. The number of thioether (sulfide) groups is 1. The molecule has 1 atom stereocenters. The van der Waals surface area contributed by atoms with Gasteiger partial charge in [0.25, 0.3) is 0 Å². The van der Waals surface area contributed by atoms with E-state index in [1.807, 2.05) is 11.8 Å². The zero-order valence-corrected chi connectivity index (χ0v) is 12.6. The molecule has 0 aliphatic carbocycles. The number of hydrogen-bond acceptors (Lipinski definition) is 4. The molecule has 0 saturated carbocycles. The molecule has 1 aromatic carbocycles. The Morgan fingerprint density at radius 3 is 2.95 bits per heavy atom. The van der Waals surface area contributed by atoms with Crippen LogP contribution >= 0.6 is 11.8 Å². The van der Waals surface area contributed by atoms with Crippen molar-refractivity contribution in [1.29, 1.82) is 0 Å². The van der Waals surface area contributed by atoms with Crippen LogP contribution < -0.4 is 16.0 Å². The average Bonchev–Trinajstić information content (AvgIpc) is 2.43. The fraction of sp³-hybridized carbons (Fsp3) is 0.600. The minimum atomic E-state index is 0.164. The molecule has 1 unspecified atom stereocenters. The molecule has 0 bridgehead atoms. The second kappa shape index (κ2) is 7.17. The Balaban J connectivity index is 2.09. The normalized spacial score (nSPS) is 16.0. The van der Waals surface area contributed by atoms with E-state index >= 15 is 0 Å². The van der Waals surface area contributed by atoms with E-state index < -0.39 is 0 Å². The molecule has 106 valence electrons. The standard InChI is InChI=1S/C15H24N2OS/c1-11(2)9-19-10-14(17-16)13-7-3-5-12-6-4-8-18-15(12)13/h3,5,7,11,14,17H,4,6,8-10,16H2,1-2H3. The molecule has 0 amide bonds. The highest BCUT2D eigenvalue weighted by Crippen LogP contribution is 2.34. The zero-order valence-electron chi connectivity index (χ0n) is 11.8. The number of nitrogens with two attached hydrogens (primary N) is 1. The number of ether oxygens (including phenoxy) is 1. The van der Waals surface area contributed by atoms with Crippen molar-refractivity contribution in [3.05, 3.63) is 29.3 Å². The van der Waals surface area contributed by atoms with Gasteiger partial charge in [0, 0.05) is 11.3 Å². The Morgan fingerprint density at radius 2 is 2.21 bits per heavy atom.